The first-order chi connectivity index (χ1) is 10.0. The van der Waals surface area contributed by atoms with Gasteiger partial charge in [-0.3, -0.25) is 4.79 Å². The lowest BCUT2D eigenvalue weighted by Crippen LogP contribution is -2.40. The topological polar surface area (TPSA) is 75.0 Å². The van der Waals surface area contributed by atoms with E-state index in [1.165, 1.54) is 0 Å². The van der Waals surface area contributed by atoms with Gasteiger partial charge in [0.15, 0.2) is 0 Å². The number of para-hydroxylation sites is 2. The average Bonchev–Trinajstić information content (AvgIpc) is 2.94. The number of hydrogen-bond acceptors (Lipinski definition) is 4. The van der Waals surface area contributed by atoms with Gasteiger partial charge < -0.3 is 15.6 Å². The number of likely N-dealkylation sites (N-methyl/N-ethyl adjacent to an activating group) is 1. The number of benzene rings is 1. The zero-order chi connectivity index (χ0) is 15.4. The van der Waals surface area contributed by atoms with Crippen LogP contribution in [0.5, 0.6) is 0 Å². The Hall–Kier alpha value is -1.24. The lowest BCUT2D eigenvalue weighted by atomic mass is 10.3. The fraction of sp³-hybridized carbons (Fsp3) is 0.467. The van der Waals surface area contributed by atoms with Crippen molar-refractivity contribution in [3.8, 4) is 0 Å². The van der Waals surface area contributed by atoms with E-state index in [2.05, 4.69) is 16.9 Å². The first-order valence-electron chi connectivity index (χ1n) is 7.05. The van der Waals surface area contributed by atoms with Crippen molar-refractivity contribution in [1.82, 2.24) is 14.9 Å². The van der Waals surface area contributed by atoms with E-state index < -0.39 is 0 Å². The van der Waals surface area contributed by atoms with Crippen LogP contribution in [-0.2, 0) is 4.79 Å². The number of H-pyrrole nitrogens is 1. The molecule has 1 aromatic carbocycles. The summed E-state index contributed by atoms with van der Waals surface area (Å²) >= 11 is 1.58. The maximum atomic E-state index is 12.1. The fourth-order valence-electron chi connectivity index (χ4n) is 1.95. The molecule has 0 spiro atoms. The maximum Gasteiger partial charge on any atom is 0.232 e. The smallest absolute Gasteiger partial charge is 0.232 e. The summed E-state index contributed by atoms with van der Waals surface area (Å²) in [4.78, 5) is 21.6. The number of rotatable bonds is 6. The Morgan fingerprint density at radius 3 is 2.73 bits per heavy atom. The summed E-state index contributed by atoms with van der Waals surface area (Å²) in [6, 6.07) is 8.01. The largest absolute Gasteiger partial charge is 0.341 e. The van der Waals surface area contributed by atoms with E-state index in [9.17, 15) is 4.79 Å². The fourth-order valence-corrected chi connectivity index (χ4v) is 2.81. The van der Waals surface area contributed by atoms with Gasteiger partial charge in [-0.1, -0.05) is 12.1 Å². The van der Waals surface area contributed by atoms with E-state index in [1.807, 2.05) is 31.2 Å². The molecule has 2 atom stereocenters. The van der Waals surface area contributed by atoms with Gasteiger partial charge in [0.05, 0.1) is 22.0 Å². The molecule has 0 aliphatic heterocycles. The third-order valence-corrected chi connectivity index (χ3v) is 4.78. The Morgan fingerprint density at radius 1 is 1.41 bits per heavy atom. The zero-order valence-corrected chi connectivity index (χ0v) is 14.7. The predicted molar refractivity (Wildman–Crippen MR) is 95.5 cm³/mol. The molecule has 1 aromatic heterocycles. The summed E-state index contributed by atoms with van der Waals surface area (Å²) < 4.78 is 0. The van der Waals surface area contributed by atoms with Crippen molar-refractivity contribution in [3.63, 3.8) is 0 Å². The van der Waals surface area contributed by atoms with Gasteiger partial charge in [0.25, 0.3) is 0 Å². The molecule has 3 N–H and O–H groups in total. The molecule has 0 saturated heterocycles. The number of halogens is 1. The van der Waals surface area contributed by atoms with E-state index in [0.29, 0.717) is 12.3 Å². The molecule has 0 fully saturated rings. The first kappa shape index (κ1) is 18.8. The maximum absolute atomic E-state index is 12.1. The Kier molecular flexibility index (Phi) is 7.19. The van der Waals surface area contributed by atoms with E-state index in [1.54, 1.807) is 23.7 Å². The second-order valence-electron chi connectivity index (χ2n) is 5.18. The summed E-state index contributed by atoms with van der Waals surface area (Å²) in [5, 5.41) is 0.142. The van der Waals surface area contributed by atoms with Crippen molar-refractivity contribution in [1.29, 1.82) is 0 Å². The minimum absolute atomic E-state index is 0. The van der Waals surface area contributed by atoms with Gasteiger partial charge in [-0.2, -0.15) is 0 Å². The molecule has 7 heteroatoms. The number of aromatic amines is 1. The molecule has 0 radical (unpaired) electrons. The quantitative estimate of drug-likeness (QED) is 0.846. The van der Waals surface area contributed by atoms with Crippen molar-refractivity contribution in [2.75, 3.05) is 19.3 Å². The Morgan fingerprint density at radius 2 is 2.09 bits per heavy atom. The minimum Gasteiger partial charge on any atom is -0.341 e. The highest BCUT2D eigenvalue weighted by Gasteiger charge is 2.17. The van der Waals surface area contributed by atoms with Crippen molar-refractivity contribution in [2.45, 2.75) is 25.1 Å². The number of hydrogen-bond donors (Lipinski definition) is 2. The van der Waals surface area contributed by atoms with Crippen molar-refractivity contribution in [2.24, 2.45) is 5.73 Å². The number of aromatic nitrogens is 2. The molecule has 0 aliphatic rings. The second kappa shape index (κ2) is 8.41. The lowest BCUT2D eigenvalue weighted by Gasteiger charge is -2.23. The van der Waals surface area contributed by atoms with Gasteiger partial charge in [0.1, 0.15) is 5.82 Å². The SMILES string of the molecule is CC(SCC(=O)N(C)C(C)CN)c1nc2ccccc2[nH]1.Cl. The van der Waals surface area contributed by atoms with E-state index in [4.69, 9.17) is 5.73 Å². The number of nitrogens with zero attached hydrogens (tertiary/aromatic N) is 2. The Labute approximate surface area is 141 Å². The number of fused-ring (bicyclic) bond motifs is 1. The number of nitrogens with two attached hydrogens (primary N) is 1. The Bertz CT molecular complexity index is 585. The molecule has 22 heavy (non-hydrogen) atoms. The van der Waals surface area contributed by atoms with Crippen molar-refractivity contribution in [3.05, 3.63) is 30.1 Å². The molecule has 1 amide bonds. The molecule has 122 valence electrons. The summed E-state index contributed by atoms with van der Waals surface area (Å²) in [5.41, 5.74) is 7.57. The highest BCUT2D eigenvalue weighted by molar-refractivity contribution is 8.00. The number of amides is 1. The Balaban J connectivity index is 0.00000242. The number of carbonyl (C=O) groups is 1. The van der Waals surface area contributed by atoms with Gasteiger partial charge in [-0.25, -0.2) is 4.98 Å². The third kappa shape index (κ3) is 4.38. The van der Waals surface area contributed by atoms with Crippen LogP contribution in [0.25, 0.3) is 11.0 Å². The minimum atomic E-state index is 0. The summed E-state index contributed by atoms with van der Waals surface area (Å²) in [7, 11) is 1.80. The van der Waals surface area contributed by atoms with E-state index in [0.717, 1.165) is 16.9 Å². The van der Waals surface area contributed by atoms with Crippen molar-refractivity contribution >= 4 is 41.1 Å². The molecular weight excluding hydrogens is 320 g/mol. The van der Waals surface area contributed by atoms with Gasteiger partial charge in [0.2, 0.25) is 5.91 Å². The van der Waals surface area contributed by atoms with Gasteiger partial charge >= 0.3 is 0 Å². The van der Waals surface area contributed by atoms with E-state index in [-0.39, 0.29) is 29.6 Å². The molecule has 2 aromatic rings. The van der Waals surface area contributed by atoms with Crippen LogP contribution >= 0.6 is 24.2 Å². The van der Waals surface area contributed by atoms with Gasteiger partial charge in [-0.05, 0) is 26.0 Å². The molecule has 0 saturated carbocycles. The third-order valence-electron chi connectivity index (χ3n) is 3.65. The van der Waals surface area contributed by atoms with Crippen LogP contribution in [0.4, 0.5) is 0 Å². The van der Waals surface area contributed by atoms with Crippen LogP contribution in [0.2, 0.25) is 0 Å². The molecule has 5 nitrogen and oxygen atoms in total. The zero-order valence-electron chi connectivity index (χ0n) is 13.1. The van der Waals surface area contributed by atoms with Crippen LogP contribution in [0.15, 0.2) is 24.3 Å². The standard InChI is InChI=1S/C15H22N4OS.ClH/c1-10(8-16)19(3)14(20)9-21-11(2)15-17-12-6-4-5-7-13(12)18-15;/h4-7,10-11H,8-9,16H2,1-3H3,(H,17,18);1H. The molecule has 0 aliphatic carbocycles. The first-order valence-corrected chi connectivity index (χ1v) is 8.09. The second-order valence-corrected chi connectivity index (χ2v) is 6.51. The van der Waals surface area contributed by atoms with Crippen LogP contribution in [0, 0.1) is 0 Å². The molecule has 2 unspecified atom stereocenters. The molecule has 2 rings (SSSR count). The molecular formula is C15H23ClN4OS. The predicted octanol–water partition coefficient (Wildman–Crippen LogP) is 2.58. The summed E-state index contributed by atoms with van der Waals surface area (Å²) in [6.07, 6.45) is 0. The monoisotopic (exact) mass is 342 g/mol. The highest BCUT2D eigenvalue weighted by Crippen LogP contribution is 2.27. The molecule has 0 bridgehead atoms. The number of nitrogens with one attached hydrogen (secondary N) is 1. The molecule has 1 heterocycles. The average molecular weight is 343 g/mol. The lowest BCUT2D eigenvalue weighted by molar-refractivity contribution is -0.128. The van der Waals surface area contributed by atoms with Crippen LogP contribution in [-0.4, -0.2) is 46.2 Å². The normalized spacial score (nSPS) is 13.5. The summed E-state index contributed by atoms with van der Waals surface area (Å²) in [6.45, 7) is 4.49. The van der Waals surface area contributed by atoms with Crippen LogP contribution < -0.4 is 5.73 Å². The van der Waals surface area contributed by atoms with Crippen LogP contribution in [0.1, 0.15) is 24.9 Å². The highest BCUT2D eigenvalue weighted by atomic mass is 35.5. The van der Waals surface area contributed by atoms with Crippen molar-refractivity contribution < 1.29 is 4.79 Å². The number of carbonyl (C=O) groups excluding carboxylic acids is 1. The summed E-state index contributed by atoms with van der Waals surface area (Å²) in [5.74, 6) is 1.43. The van der Waals surface area contributed by atoms with Gasteiger partial charge in [-0.15, -0.1) is 24.2 Å². The van der Waals surface area contributed by atoms with Crippen LogP contribution in [0.3, 0.4) is 0 Å². The number of imidazole rings is 1. The number of thioether (sulfide) groups is 1. The van der Waals surface area contributed by atoms with E-state index >= 15 is 0 Å². The van der Waals surface area contributed by atoms with Gasteiger partial charge in [0, 0.05) is 19.6 Å².